The lowest BCUT2D eigenvalue weighted by atomic mass is 10.3. The van der Waals surface area contributed by atoms with Crippen LogP contribution in [0.4, 0.5) is 0 Å². The number of phenols is 3. The van der Waals surface area contributed by atoms with Crippen LogP contribution >= 0.6 is 0 Å². The van der Waals surface area contributed by atoms with E-state index in [0.29, 0.717) is 0 Å². The molecule has 3 N–H and O–H groups in total. The molecule has 3 nitrogen and oxygen atoms in total. The molecule has 3 rings (SSSR count). The summed E-state index contributed by atoms with van der Waals surface area (Å²) in [6.45, 7) is 2.22. The van der Waals surface area contributed by atoms with E-state index in [1.165, 1.54) is 0 Å². The van der Waals surface area contributed by atoms with Crippen molar-refractivity contribution < 1.29 is 15.3 Å². The first-order valence-electron chi connectivity index (χ1n) is 7.38. The van der Waals surface area contributed by atoms with Gasteiger partial charge in [0.25, 0.3) is 0 Å². The molecule has 0 aliphatic carbocycles. The Bertz CT molecular complexity index is 683. The third-order valence-corrected chi connectivity index (χ3v) is 8.80. The Labute approximate surface area is 136 Å². The third-order valence-electron chi connectivity index (χ3n) is 4.33. The second-order valence-electron chi connectivity index (χ2n) is 5.77. The maximum absolute atomic E-state index is 9.59. The molecule has 0 spiro atoms. The first-order chi connectivity index (χ1) is 11.0. The predicted octanol–water partition coefficient (Wildman–Crippen LogP) is 1.90. The number of hydrogen-bond acceptors (Lipinski definition) is 3. The molecule has 3 aromatic carbocycles. The Hall–Kier alpha value is -2.72. The average molecular weight is 322 g/mol. The van der Waals surface area contributed by atoms with Crippen molar-refractivity contribution >= 4 is 23.6 Å². The molecule has 0 bridgehead atoms. The summed E-state index contributed by atoms with van der Waals surface area (Å²) in [7, 11) is -2.28. The van der Waals surface area contributed by atoms with Gasteiger partial charge in [-0.1, -0.05) is 42.9 Å². The standard InChI is InChI=1S/C19H18O3Si/c1-23(17-8-2-14(20)3-9-17,18-10-4-15(21)5-11-18)19-12-6-16(22)7-13-19/h2-13,20-22H,1H3. The van der Waals surface area contributed by atoms with Gasteiger partial charge in [-0.3, -0.25) is 0 Å². The molecule has 0 saturated heterocycles. The van der Waals surface area contributed by atoms with Crippen LogP contribution in [-0.4, -0.2) is 23.4 Å². The summed E-state index contributed by atoms with van der Waals surface area (Å²) in [6.07, 6.45) is 0. The predicted molar refractivity (Wildman–Crippen MR) is 94.8 cm³/mol. The highest BCUT2D eigenvalue weighted by Gasteiger charge is 2.34. The van der Waals surface area contributed by atoms with E-state index in [0.717, 1.165) is 15.6 Å². The van der Waals surface area contributed by atoms with Gasteiger partial charge in [0.15, 0.2) is 0 Å². The molecule has 0 aromatic heterocycles. The van der Waals surface area contributed by atoms with Crippen molar-refractivity contribution in [3.05, 3.63) is 72.8 Å². The van der Waals surface area contributed by atoms with Crippen LogP contribution in [-0.2, 0) is 0 Å². The Morgan fingerprint density at radius 1 is 0.478 bits per heavy atom. The summed E-state index contributed by atoms with van der Waals surface area (Å²) in [5.74, 6) is 0.713. The first kappa shape index (κ1) is 15.2. The van der Waals surface area contributed by atoms with Gasteiger partial charge in [-0.05, 0) is 52.0 Å². The van der Waals surface area contributed by atoms with Gasteiger partial charge in [-0.25, -0.2) is 0 Å². The monoisotopic (exact) mass is 322 g/mol. The van der Waals surface area contributed by atoms with E-state index >= 15 is 0 Å². The first-order valence-corrected chi connectivity index (χ1v) is 9.88. The topological polar surface area (TPSA) is 60.7 Å². The number of rotatable bonds is 3. The Kier molecular flexibility index (Phi) is 3.84. The van der Waals surface area contributed by atoms with E-state index < -0.39 is 8.07 Å². The van der Waals surface area contributed by atoms with Crippen LogP contribution < -0.4 is 15.6 Å². The van der Waals surface area contributed by atoms with E-state index in [9.17, 15) is 15.3 Å². The Morgan fingerprint density at radius 3 is 0.913 bits per heavy atom. The molecular formula is C19H18O3Si. The lowest BCUT2D eigenvalue weighted by molar-refractivity contribution is 0.475. The van der Waals surface area contributed by atoms with Crippen molar-refractivity contribution in [1.29, 1.82) is 0 Å². The van der Waals surface area contributed by atoms with Crippen LogP contribution in [0, 0.1) is 0 Å². The molecule has 0 fully saturated rings. The fourth-order valence-electron chi connectivity index (χ4n) is 2.88. The van der Waals surface area contributed by atoms with E-state index in [4.69, 9.17) is 0 Å². The van der Waals surface area contributed by atoms with Gasteiger partial charge in [-0.15, -0.1) is 0 Å². The molecular weight excluding hydrogens is 304 g/mol. The summed E-state index contributed by atoms with van der Waals surface area (Å²) < 4.78 is 0. The van der Waals surface area contributed by atoms with E-state index in [-0.39, 0.29) is 17.2 Å². The van der Waals surface area contributed by atoms with Crippen LogP contribution in [0.3, 0.4) is 0 Å². The molecule has 23 heavy (non-hydrogen) atoms. The molecule has 0 aliphatic rings. The molecule has 4 heteroatoms. The molecule has 0 atom stereocenters. The minimum atomic E-state index is -2.28. The van der Waals surface area contributed by atoms with E-state index in [2.05, 4.69) is 6.55 Å². The number of aromatic hydroxyl groups is 3. The maximum Gasteiger partial charge on any atom is 0.145 e. The number of benzene rings is 3. The Morgan fingerprint density at radius 2 is 0.696 bits per heavy atom. The number of hydrogen-bond donors (Lipinski definition) is 3. The molecule has 0 amide bonds. The fraction of sp³-hybridized carbons (Fsp3) is 0.0526. The maximum atomic E-state index is 9.59. The zero-order chi connectivity index (χ0) is 16.4. The molecule has 0 heterocycles. The van der Waals surface area contributed by atoms with Crippen molar-refractivity contribution in [3.63, 3.8) is 0 Å². The average Bonchev–Trinajstić information content (AvgIpc) is 2.56. The van der Waals surface area contributed by atoms with Gasteiger partial charge in [0.2, 0.25) is 0 Å². The second-order valence-corrected chi connectivity index (χ2v) is 9.75. The van der Waals surface area contributed by atoms with Crippen LogP contribution in [0.1, 0.15) is 0 Å². The molecule has 3 aromatic rings. The van der Waals surface area contributed by atoms with Gasteiger partial charge in [0.1, 0.15) is 25.3 Å². The van der Waals surface area contributed by atoms with Crippen LogP contribution in [0.15, 0.2) is 72.8 Å². The highest BCUT2D eigenvalue weighted by atomic mass is 28.3. The fourth-order valence-corrected chi connectivity index (χ4v) is 6.38. The Balaban J connectivity index is 2.21. The van der Waals surface area contributed by atoms with Gasteiger partial charge in [-0.2, -0.15) is 0 Å². The molecule has 0 saturated carbocycles. The van der Waals surface area contributed by atoms with Crippen molar-refractivity contribution in [2.75, 3.05) is 0 Å². The van der Waals surface area contributed by atoms with Crippen molar-refractivity contribution in [2.45, 2.75) is 6.55 Å². The van der Waals surface area contributed by atoms with Crippen molar-refractivity contribution in [1.82, 2.24) is 0 Å². The lowest BCUT2D eigenvalue weighted by Crippen LogP contribution is -2.64. The van der Waals surface area contributed by atoms with Crippen LogP contribution in [0.25, 0.3) is 0 Å². The van der Waals surface area contributed by atoms with Crippen LogP contribution in [0.5, 0.6) is 17.2 Å². The molecule has 0 radical (unpaired) electrons. The number of phenolic OH excluding ortho intramolecular Hbond substituents is 3. The van der Waals surface area contributed by atoms with Crippen molar-refractivity contribution in [2.24, 2.45) is 0 Å². The zero-order valence-electron chi connectivity index (χ0n) is 12.8. The summed E-state index contributed by atoms with van der Waals surface area (Å²) in [5, 5.41) is 32.2. The van der Waals surface area contributed by atoms with Crippen LogP contribution in [0.2, 0.25) is 6.55 Å². The summed E-state index contributed by atoms with van der Waals surface area (Å²) in [5.41, 5.74) is 0. The minimum absolute atomic E-state index is 0.238. The van der Waals surface area contributed by atoms with E-state index in [1.807, 2.05) is 36.4 Å². The van der Waals surface area contributed by atoms with Gasteiger partial charge < -0.3 is 15.3 Å². The summed E-state index contributed by atoms with van der Waals surface area (Å²) >= 11 is 0. The summed E-state index contributed by atoms with van der Waals surface area (Å²) in [4.78, 5) is 0. The van der Waals surface area contributed by atoms with E-state index in [1.54, 1.807) is 36.4 Å². The third kappa shape index (κ3) is 2.81. The van der Waals surface area contributed by atoms with Gasteiger partial charge in [0, 0.05) is 0 Å². The second kappa shape index (κ2) is 5.82. The zero-order valence-corrected chi connectivity index (χ0v) is 13.8. The van der Waals surface area contributed by atoms with Gasteiger partial charge >= 0.3 is 0 Å². The largest absolute Gasteiger partial charge is 0.508 e. The summed E-state index contributed by atoms with van der Waals surface area (Å²) in [6, 6.07) is 21.8. The smallest absolute Gasteiger partial charge is 0.145 e. The highest BCUT2D eigenvalue weighted by molar-refractivity contribution is 7.10. The highest BCUT2D eigenvalue weighted by Crippen LogP contribution is 2.14. The SMILES string of the molecule is C[Si](c1ccc(O)cc1)(c1ccc(O)cc1)c1ccc(O)cc1. The minimum Gasteiger partial charge on any atom is -0.508 e. The molecule has 0 aliphatic heterocycles. The molecule has 116 valence electrons. The van der Waals surface area contributed by atoms with Crippen molar-refractivity contribution in [3.8, 4) is 17.2 Å². The quantitative estimate of drug-likeness (QED) is 0.510. The molecule has 0 unspecified atom stereocenters. The van der Waals surface area contributed by atoms with Gasteiger partial charge in [0.05, 0.1) is 0 Å². The normalized spacial score (nSPS) is 11.3. The lowest BCUT2D eigenvalue weighted by Gasteiger charge is -2.29.